The molecule has 0 spiro atoms. The van der Waals surface area contributed by atoms with Crippen LogP contribution in [0.1, 0.15) is 59.8 Å². The van der Waals surface area contributed by atoms with Crippen LogP contribution >= 0.6 is 0 Å². The van der Waals surface area contributed by atoms with Crippen LogP contribution in [0, 0.1) is 5.41 Å². The summed E-state index contributed by atoms with van der Waals surface area (Å²) in [5, 5.41) is 3.42. The summed E-state index contributed by atoms with van der Waals surface area (Å²) in [6, 6.07) is 0.588. The maximum atomic E-state index is 5.95. The van der Waals surface area contributed by atoms with Crippen molar-refractivity contribution in [3.63, 3.8) is 0 Å². The number of ether oxygens (including phenoxy) is 1. The average Bonchev–Trinajstić information content (AvgIpc) is 2.21. The molecule has 96 valence electrons. The summed E-state index contributed by atoms with van der Waals surface area (Å²) < 4.78 is 5.95. The zero-order valence-corrected chi connectivity index (χ0v) is 11.5. The molecular weight excluding hydrogens is 198 g/mol. The summed E-state index contributed by atoms with van der Waals surface area (Å²) in [6.45, 7) is 11.1. The van der Waals surface area contributed by atoms with Gasteiger partial charge >= 0.3 is 0 Å². The van der Waals surface area contributed by atoms with Crippen LogP contribution in [0.25, 0.3) is 0 Å². The standard InChI is InChI=1S/C14H29NO/c1-5-15-12(2)8-11-16-13-6-9-14(3,4)10-7-13/h12-13,15H,5-11H2,1-4H3. The van der Waals surface area contributed by atoms with E-state index in [9.17, 15) is 0 Å². The Hall–Kier alpha value is -0.0800. The Balaban J connectivity index is 2.06. The molecule has 1 saturated carbocycles. The highest BCUT2D eigenvalue weighted by molar-refractivity contribution is 4.78. The van der Waals surface area contributed by atoms with Gasteiger partial charge in [-0.2, -0.15) is 0 Å². The summed E-state index contributed by atoms with van der Waals surface area (Å²) in [5.74, 6) is 0. The summed E-state index contributed by atoms with van der Waals surface area (Å²) in [6.07, 6.45) is 6.81. The van der Waals surface area contributed by atoms with Crippen molar-refractivity contribution in [3.05, 3.63) is 0 Å². The lowest BCUT2D eigenvalue weighted by atomic mass is 9.76. The first kappa shape index (κ1) is 14.0. The molecule has 0 amide bonds. The molecule has 0 heterocycles. The molecule has 1 fully saturated rings. The monoisotopic (exact) mass is 227 g/mol. The lowest BCUT2D eigenvalue weighted by molar-refractivity contribution is 0.00119. The minimum atomic E-state index is 0.529. The van der Waals surface area contributed by atoms with Crippen molar-refractivity contribution in [1.82, 2.24) is 5.32 Å². The van der Waals surface area contributed by atoms with Gasteiger partial charge in [0.15, 0.2) is 0 Å². The molecule has 1 rings (SSSR count). The molecule has 0 radical (unpaired) electrons. The molecule has 2 nitrogen and oxygen atoms in total. The van der Waals surface area contributed by atoms with Crippen LogP contribution in [0.5, 0.6) is 0 Å². The molecule has 1 unspecified atom stereocenters. The van der Waals surface area contributed by atoms with E-state index < -0.39 is 0 Å². The van der Waals surface area contributed by atoms with Crippen LogP contribution in [0.2, 0.25) is 0 Å². The molecule has 2 heteroatoms. The SMILES string of the molecule is CCNC(C)CCOC1CCC(C)(C)CC1. The lowest BCUT2D eigenvalue weighted by Crippen LogP contribution is -2.30. The van der Waals surface area contributed by atoms with E-state index in [2.05, 4.69) is 33.0 Å². The average molecular weight is 227 g/mol. The molecule has 1 N–H and O–H groups in total. The van der Waals surface area contributed by atoms with E-state index in [1.54, 1.807) is 0 Å². The first-order valence-corrected chi connectivity index (χ1v) is 6.88. The molecule has 0 saturated heterocycles. The van der Waals surface area contributed by atoms with Crippen molar-refractivity contribution < 1.29 is 4.74 Å². The van der Waals surface area contributed by atoms with Gasteiger partial charge in [-0.3, -0.25) is 0 Å². The molecular formula is C14H29NO. The molecule has 1 aliphatic rings. The van der Waals surface area contributed by atoms with Crippen molar-refractivity contribution in [1.29, 1.82) is 0 Å². The molecule has 0 bridgehead atoms. The summed E-state index contributed by atoms with van der Waals surface area (Å²) in [5.41, 5.74) is 0.552. The highest BCUT2D eigenvalue weighted by atomic mass is 16.5. The van der Waals surface area contributed by atoms with Gasteiger partial charge in [0, 0.05) is 12.6 Å². The highest BCUT2D eigenvalue weighted by Crippen LogP contribution is 2.36. The Bertz CT molecular complexity index is 181. The van der Waals surface area contributed by atoms with Crippen LogP contribution in [0.15, 0.2) is 0 Å². The predicted octanol–water partition coefficient (Wildman–Crippen LogP) is 3.36. The quantitative estimate of drug-likeness (QED) is 0.751. The fraction of sp³-hybridized carbons (Fsp3) is 1.00. The lowest BCUT2D eigenvalue weighted by Gasteiger charge is -2.34. The van der Waals surface area contributed by atoms with E-state index in [1.165, 1.54) is 25.7 Å². The Morgan fingerprint density at radius 2 is 1.94 bits per heavy atom. The topological polar surface area (TPSA) is 21.3 Å². The maximum Gasteiger partial charge on any atom is 0.0575 e. The fourth-order valence-corrected chi connectivity index (χ4v) is 2.40. The van der Waals surface area contributed by atoms with Gasteiger partial charge < -0.3 is 10.1 Å². The summed E-state index contributed by atoms with van der Waals surface area (Å²) in [4.78, 5) is 0. The van der Waals surface area contributed by atoms with Crippen molar-refractivity contribution in [2.45, 2.75) is 71.9 Å². The number of hydrogen-bond acceptors (Lipinski definition) is 2. The maximum absolute atomic E-state index is 5.95. The van der Waals surface area contributed by atoms with Crippen molar-refractivity contribution in [2.75, 3.05) is 13.2 Å². The molecule has 16 heavy (non-hydrogen) atoms. The van der Waals surface area contributed by atoms with Gasteiger partial charge in [0.05, 0.1) is 6.10 Å². The van der Waals surface area contributed by atoms with E-state index in [4.69, 9.17) is 4.74 Å². The fourth-order valence-electron chi connectivity index (χ4n) is 2.40. The van der Waals surface area contributed by atoms with Crippen LogP contribution < -0.4 is 5.32 Å². The molecule has 1 aliphatic carbocycles. The van der Waals surface area contributed by atoms with Gasteiger partial charge in [-0.1, -0.05) is 20.8 Å². The Kier molecular flexibility index (Phi) is 5.77. The van der Waals surface area contributed by atoms with E-state index in [1.807, 2.05) is 0 Å². The zero-order valence-electron chi connectivity index (χ0n) is 11.5. The van der Waals surface area contributed by atoms with Gasteiger partial charge in [0.25, 0.3) is 0 Å². The molecule has 0 aromatic heterocycles. The minimum absolute atomic E-state index is 0.529. The van der Waals surface area contributed by atoms with Gasteiger partial charge in [-0.05, 0) is 51.0 Å². The van der Waals surface area contributed by atoms with E-state index in [0.717, 1.165) is 19.6 Å². The van der Waals surface area contributed by atoms with Crippen LogP contribution in [-0.4, -0.2) is 25.3 Å². The third kappa shape index (κ3) is 5.31. The smallest absolute Gasteiger partial charge is 0.0575 e. The van der Waals surface area contributed by atoms with Crippen LogP contribution in [0.4, 0.5) is 0 Å². The van der Waals surface area contributed by atoms with E-state index in [0.29, 0.717) is 17.6 Å². The van der Waals surface area contributed by atoms with Crippen molar-refractivity contribution in [2.24, 2.45) is 5.41 Å². The van der Waals surface area contributed by atoms with Crippen LogP contribution in [-0.2, 0) is 4.74 Å². The number of nitrogens with one attached hydrogen (secondary N) is 1. The molecule has 1 atom stereocenters. The highest BCUT2D eigenvalue weighted by Gasteiger charge is 2.26. The first-order chi connectivity index (χ1) is 7.53. The van der Waals surface area contributed by atoms with Gasteiger partial charge in [0.2, 0.25) is 0 Å². The first-order valence-electron chi connectivity index (χ1n) is 6.88. The number of hydrogen-bond donors (Lipinski definition) is 1. The van der Waals surface area contributed by atoms with Gasteiger partial charge in [0.1, 0.15) is 0 Å². The second-order valence-corrected chi connectivity index (χ2v) is 5.98. The number of rotatable bonds is 6. The zero-order chi connectivity index (χ0) is 12.0. The molecule has 0 aliphatic heterocycles. The summed E-state index contributed by atoms with van der Waals surface area (Å²) in [7, 11) is 0. The van der Waals surface area contributed by atoms with E-state index >= 15 is 0 Å². The molecule has 0 aromatic carbocycles. The molecule has 0 aromatic rings. The third-order valence-electron chi connectivity index (χ3n) is 3.74. The van der Waals surface area contributed by atoms with Crippen molar-refractivity contribution >= 4 is 0 Å². The van der Waals surface area contributed by atoms with Crippen LogP contribution in [0.3, 0.4) is 0 Å². The Morgan fingerprint density at radius 3 is 2.50 bits per heavy atom. The van der Waals surface area contributed by atoms with E-state index in [-0.39, 0.29) is 0 Å². The minimum Gasteiger partial charge on any atom is -0.378 e. The second kappa shape index (κ2) is 6.61. The Labute approximate surface area is 101 Å². The second-order valence-electron chi connectivity index (χ2n) is 5.98. The van der Waals surface area contributed by atoms with Crippen molar-refractivity contribution in [3.8, 4) is 0 Å². The largest absolute Gasteiger partial charge is 0.378 e. The normalized spacial score (nSPS) is 23.2. The Morgan fingerprint density at radius 1 is 1.31 bits per heavy atom. The summed E-state index contributed by atoms with van der Waals surface area (Å²) >= 11 is 0. The predicted molar refractivity (Wildman–Crippen MR) is 69.7 cm³/mol. The van der Waals surface area contributed by atoms with Gasteiger partial charge in [-0.15, -0.1) is 0 Å². The van der Waals surface area contributed by atoms with Gasteiger partial charge in [-0.25, -0.2) is 0 Å². The third-order valence-corrected chi connectivity index (χ3v) is 3.74.